The number of aromatic nitrogens is 3. The number of rotatable bonds is 2. The number of carbonyl (C=O) groups is 1. The Morgan fingerprint density at radius 1 is 1.43 bits per heavy atom. The second kappa shape index (κ2) is 2.65. The number of nitrogens with zero attached hydrogens (tertiary/aromatic N) is 3. The first kappa shape index (κ1) is 8.15. The van der Waals surface area contributed by atoms with E-state index in [4.69, 9.17) is 0 Å². The standard InChI is InChI=1S/C10H13N3O/c1-6-2-5-8-11-10(12-13(6)8)9(14)7-3-4-7/h6-7H,2-5H2,1H3. The van der Waals surface area contributed by atoms with Crippen molar-refractivity contribution in [3.8, 4) is 0 Å². The number of hydrogen-bond acceptors (Lipinski definition) is 3. The van der Waals surface area contributed by atoms with Crippen molar-refractivity contribution in [2.75, 3.05) is 0 Å². The fourth-order valence-corrected chi connectivity index (χ4v) is 1.97. The maximum Gasteiger partial charge on any atom is 0.217 e. The van der Waals surface area contributed by atoms with E-state index in [0.717, 1.165) is 31.5 Å². The quantitative estimate of drug-likeness (QED) is 0.663. The van der Waals surface area contributed by atoms with Crippen molar-refractivity contribution in [1.82, 2.24) is 14.8 Å². The first-order valence-corrected chi connectivity index (χ1v) is 5.25. The summed E-state index contributed by atoms with van der Waals surface area (Å²) in [7, 11) is 0. The molecule has 1 aliphatic heterocycles. The van der Waals surface area contributed by atoms with E-state index in [2.05, 4.69) is 17.0 Å². The Labute approximate surface area is 82.3 Å². The van der Waals surface area contributed by atoms with Crippen LogP contribution in [0.4, 0.5) is 0 Å². The minimum absolute atomic E-state index is 0.152. The van der Waals surface area contributed by atoms with E-state index in [1.54, 1.807) is 0 Å². The highest BCUT2D eigenvalue weighted by atomic mass is 16.1. The molecular formula is C10H13N3O. The third-order valence-corrected chi connectivity index (χ3v) is 3.07. The molecule has 0 spiro atoms. The van der Waals surface area contributed by atoms with Crippen LogP contribution in [0.1, 0.15) is 48.7 Å². The molecule has 0 N–H and O–H groups in total. The SMILES string of the molecule is CC1CCc2nc(C(=O)C3CC3)nn21. The topological polar surface area (TPSA) is 47.8 Å². The van der Waals surface area contributed by atoms with Gasteiger partial charge in [-0.2, -0.15) is 0 Å². The molecule has 3 rings (SSSR count). The van der Waals surface area contributed by atoms with Gasteiger partial charge in [0.05, 0.1) is 6.04 Å². The van der Waals surface area contributed by atoms with Gasteiger partial charge >= 0.3 is 0 Å². The Kier molecular flexibility index (Phi) is 1.54. The van der Waals surface area contributed by atoms with Gasteiger partial charge in [-0.05, 0) is 26.2 Å². The van der Waals surface area contributed by atoms with E-state index in [1.165, 1.54) is 0 Å². The number of ketones is 1. The molecule has 14 heavy (non-hydrogen) atoms. The summed E-state index contributed by atoms with van der Waals surface area (Å²) >= 11 is 0. The molecule has 4 heteroatoms. The molecule has 2 aliphatic rings. The minimum atomic E-state index is 0.152. The Hall–Kier alpha value is -1.19. The summed E-state index contributed by atoms with van der Waals surface area (Å²) in [4.78, 5) is 16.0. The third-order valence-electron chi connectivity index (χ3n) is 3.07. The Morgan fingerprint density at radius 2 is 2.21 bits per heavy atom. The van der Waals surface area contributed by atoms with E-state index in [1.807, 2.05) is 4.68 Å². The average Bonchev–Trinajstić information content (AvgIpc) is 2.84. The van der Waals surface area contributed by atoms with Crippen molar-refractivity contribution < 1.29 is 4.79 Å². The zero-order valence-corrected chi connectivity index (χ0v) is 8.23. The van der Waals surface area contributed by atoms with Gasteiger partial charge in [-0.25, -0.2) is 9.67 Å². The third kappa shape index (κ3) is 1.10. The molecule has 1 saturated carbocycles. The molecule has 1 atom stereocenters. The molecule has 0 radical (unpaired) electrons. The van der Waals surface area contributed by atoms with Gasteiger partial charge in [-0.1, -0.05) is 0 Å². The zero-order valence-electron chi connectivity index (χ0n) is 8.23. The van der Waals surface area contributed by atoms with E-state index in [0.29, 0.717) is 11.9 Å². The van der Waals surface area contributed by atoms with Crippen LogP contribution in [0.25, 0.3) is 0 Å². The molecule has 4 nitrogen and oxygen atoms in total. The second-order valence-corrected chi connectivity index (χ2v) is 4.32. The predicted octanol–water partition coefficient (Wildman–Crippen LogP) is 1.38. The van der Waals surface area contributed by atoms with Crippen LogP contribution in [0.2, 0.25) is 0 Å². The Morgan fingerprint density at radius 3 is 2.86 bits per heavy atom. The number of carbonyl (C=O) groups excluding carboxylic acids is 1. The summed E-state index contributed by atoms with van der Waals surface area (Å²) < 4.78 is 1.91. The molecular weight excluding hydrogens is 178 g/mol. The van der Waals surface area contributed by atoms with E-state index >= 15 is 0 Å². The summed E-state index contributed by atoms with van der Waals surface area (Å²) in [6, 6.07) is 0.415. The van der Waals surface area contributed by atoms with Crippen molar-refractivity contribution in [2.24, 2.45) is 5.92 Å². The van der Waals surface area contributed by atoms with Gasteiger partial charge in [0.1, 0.15) is 5.82 Å². The Balaban J connectivity index is 1.93. The van der Waals surface area contributed by atoms with Crippen LogP contribution < -0.4 is 0 Å². The van der Waals surface area contributed by atoms with Gasteiger partial charge in [0.2, 0.25) is 11.6 Å². The summed E-state index contributed by atoms with van der Waals surface area (Å²) in [5.41, 5.74) is 0. The number of hydrogen-bond donors (Lipinski definition) is 0. The van der Waals surface area contributed by atoms with Gasteiger partial charge in [-0.15, -0.1) is 5.10 Å². The van der Waals surface area contributed by atoms with Crippen molar-refractivity contribution in [3.63, 3.8) is 0 Å². The average molecular weight is 191 g/mol. The lowest BCUT2D eigenvalue weighted by atomic mass is 10.2. The van der Waals surface area contributed by atoms with Crippen molar-refractivity contribution >= 4 is 5.78 Å². The molecule has 1 aromatic rings. The fourth-order valence-electron chi connectivity index (χ4n) is 1.97. The molecule has 74 valence electrons. The smallest absolute Gasteiger partial charge is 0.217 e. The highest BCUT2D eigenvalue weighted by Gasteiger charge is 2.34. The van der Waals surface area contributed by atoms with E-state index in [-0.39, 0.29) is 11.7 Å². The van der Waals surface area contributed by atoms with Gasteiger partial charge in [0.15, 0.2) is 0 Å². The first-order chi connectivity index (χ1) is 6.75. The van der Waals surface area contributed by atoms with Gasteiger partial charge < -0.3 is 0 Å². The molecule has 0 amide bonds. The van der Waals surface area contributed by atoms with Crippen LogP contribution in [0.3, 0.4) is 0 Å². The van der Waals surface area contributed by atoms with E-state index in [9.17, 15) is 4.79 Å². The first-order valence-electron chi connectivity index (χ1n) is 5.25. The molecule has 1 aliphatic carbocycles. The van der Waals surface area contributed by atoms with Crippen LogP contribution in [-0.4, -0.2) is 20.5 Å². The number of fused-ring (bicyclic) bond motifs is 1. The Bertz CT molecular complexity index is 392. The molecule has 2 heterocycles. The maximum atomic E-state index is 11.7. The molecule has 0 bridgehead atoms. The van der Waals surface area contributed by atoms with Crippen LogP contribution in [0, 0.1) is 5.92 Å². The molecule has 1 fully saturated rings. The lowest BCUT2D eigenvalue weighted by molar-refractivity contribution is 0.0957. The highest BCUT2D eigenvalue weighted by Crippen LogP contribution is 2.32. The summed E-state index contributed by atoms with van der Waals surface area (Å²) in [6.45, 7) is 2.12. The van der Waals surface area contributed by atoms with Crippen molar-refractivity contribution in [3.05, 3.63) is 11.6 Å². The van der Waals surface area contributed by atoms with Gasteiger partial charge in [0.25, 0.3) is 0 Å². The van der Waals surface area contributed by atoms with E-state index < -0.39 is 0 Å². The van der Waals surface area contributed by atoms with Crippen LogP contribution in [0.5, 0.6) is 0 Å². The fraction of sp³-hybridized carbons (Fsp3) is 0.700. The number of Topliss-reactive ketones (excluding diaryl/α,β-unsaturated/α-hetero) is 1. The summed E-state index contributed by atoms with van der Waals surface area (Å²) in [5.74, 6) is 1.82. The van der Waals surface area contributed by atoms with Gasteiger partial charge in [-0.3, -0.25) is 4.79 Å². The van der Waals surface area contributed by atoms with Crippen LogP contribution >= 0.6 is 0 Å². The molecule has 1 unspecified atom stereocenters. The van der Waals surface area contributed by atoms with Crippen molar-refractivity contribution in [1.29, 1.82) is 0 Å². The predicted molar refractivity (Wildman–Crippen MR) is 50.1 cm³/mol. The highest BCUT2D eigenvalue weighted by molar-refractivity contribution is 5.95. The molecule has 0 aromatic carbocycles. The maximum absolute atomic E-state index is 11.7. The number of aryl methyl sites for hydroxylation is 1. The lowest BCUT2D eigenvalue weighted by Crippen LogP contribution is -2.07. The van der Waals surface area contributed by atoms with Gasteiger partial charge in [0, 0.05) is 12.3 Å². The normalized spacial score (nSPS) is 25.1. The largest absolute Gasteiger partial charge is 0.290 e. The molecule has 0 saturated heterocycles. The monoisotopic (exact) mass is 191 g/mol. The minimum Gasteiger partial charge on any atom is -0.290 e. The van der Waals surface area contributed by atoms with Crippen molar-refractivity contribution in [2.45, 2.75) is 38.6 Å². The lowest BCUT2D eigenvalue weighted by Gasteiger charge is -2.01. The second-order valence-electron chi connectivity index (χ2n) is 4.32. The zero-order chi connectivity index (χ0) is 9.71. The van der Waals surface area contributed by atoms with Crippen LogP contribution in [0.15, 0.2) is 0 Å². The van der Waals surface area contributed by atoms with Crippen LogP contribution in [-0.2, 0) is 6.42 Å². The molecule has 1 aromatic heterocycles. The summed E-state index contributed by atoms with van der Waals surface area (Å²) in [6.07, 6.45) is 4.12. The summed E-state index contributed by atoms with van der Waals surface area (Å²) in [5, 5.41) is 4.29.